The number of ether oxygens (including phenoxy) is 2. The van der Waals surface area contributed by atoms with E-state index in [4.69, 9.17) is 9.47 Å². The van der Waals surface area contributed by atoms with Crippen LogP contribution in [0.2, 0.25) is 0 Å². The molecule has 1 heterocycles. The summed E-state index contributed by atoms with van der Waals surface area (Å²) in [6, 6.07) is 6.07. The van der Waals surface area contributed by atoms with Gasteiger partial charge < -0.3 is 9.47 Å². The van der Waals surface area contributed by atoms with E-state index >= 15 is 0 Å². The fourth-order valence-corrected chi connectivity index (χ4v) is 3.99. The highest BCUT2D eigenvalue weighted by molar-refractivity contribution is 7.88. The molecule has 27 heavy (non-hydrogen) atoms. The molecule has 6 nitrogen and oxygen atoms in total. The van der Waals surface area contributed by atoms with E-state index in [0.29, 0.717) is 25.7 Å². The maximum absolute atomic E-state index is 11.7. The Labute approximate surface area is 164 Å². The maximum atomic E-state index is 11.7. The van der Waals surface area contributed by atoms with E-state index in [1.54, 1.807) is 7.05 Å². The number of hydrogen-bond acceptors (Lipinski definition) is 5. The molecule has 7 heteroatoms. The first-order valence-electron chi connectivity index (χ1n) is 9.86. The molecule has 0 saturated carbocycles. The standard InChI is InChI=1S/C20H34N2O4S/c1-5-13-26-20-18(10-7-11-19(20)25-6-2)16-22-12-8-9-17(15-22)14-21(3)27(4,23)24/h7,10-11,17H,5-6,8-9,12-16H2,1-4H3. The van der Waals surface area contributed by atoms with Crippen LogP contribution in [-0.2, 0) is 16.6 Å². The van der Waals surface area contributed by atoms with Crippen molar-refractivity contribution >= 4 is 10.0 Å². The molecule has 1 atom stereocenters. The molecule has 0 amide bonds. The van der Waals surface area contributed by atoms with Crippen LogP contribution in [0.1, 0.15) is 38.7 Å². The highest BCUT2D eigenvalue weighted by atomic mass is 32.2. The van der Waals surface area contributed by atoms with Crippen molar-refractivity contribution in [2.75, 3.05) is 46.2 Å². The number of piperidine rings is 1. The van der Waals surface area contributed by atoms with E-state index in [-0.39, 0.29) is 0 Å². The van der Waals surface area contributed by atoms with Crippen LogP contribution in [0.3, 0.4) is 0 Å². The van der Waals surface area contributed by atoms with Crippen molar-refractivity contribution < 1.29 is 17.9 Å². The molecule has 0 N–H and O–H groups in total. The Hall–Kier alpha value is -1.31. The molecular weight excluding hydrogens is 364 g/mol. The quantitative estimate of drug-likeness (QED) is 0.606. The molecule has 0 bridgehead atoms. The average Bonchev–Trinajstić information content (AvgIpc) is 2.61. The van der Waals surface area contributed by atoms with Gasteiger partial charge in [0.1, 0.15) is 0 Å². The number of nitrogens with zero attached hydrogens (tertiary/aromatic N) is 2. The minimum absolute atomic E-state index is 0.355. The minimum atomic E-state index is -3.13. The second-order valence-electron chi connectivity index (χ2n) is 7.31. The molecule has 0 spiro atoms. The smallest absolute Gasteiger partial charge is 0.210 e. The van der Waals surface area contributed by atoms with Crippen molar-refractivity contribution in [2.24, 2.45) is 5.92 Å². The molecule has 1 saturated heterocycles. The lowest BCUT2D eigenvalue weighted by atomic mass is 9.97. The molecule has 0 radical (unpaired) electrons. The minimum Gasteiger partial charge on any atom is -0.490 e. The van der Waals surface area contributed by atoms with Crippen LogP contribution in [0.15, 0.2) is 18.2 Å². The highest BCUT2D eigenvalue weighted by Gasteiger charge is 2.25. The fraction of sp³-hybridized carbons (Fsp3) is 0.700. The first-order chi connectivity index (χ1) is 12.8. The van der Waals surface area contributed by atoms with Gasteiger partial charge in [-0.3, -0.25) is 4.90 Å². The molecule has 1 unspecified atom stereocenters. The predicted octanol–water partition coefficient (Wildman–Crippen LogP) is 2.98. The Balaban J connectivity index is 2.08. The molecule has 1 aliphatic rings. The molecule has 1 aliphatic heterocycles. The van der Waals surface area contributed by atoms with Crippen molar-refractivity contribution in [3.05, 3.63) is 23.8 Å². The topological polar surface area (TPSA) is 59.1 Å². The third-order valence-corrected chi connectivity index (χ3v) is 6.17. The number of hydrogen-bond donors (Lipinski definition) is 0. The van der Waals surface area contributed by atoms with Crippen molar-refractivity contribution in [3.8, 4) is 11.5 Å². The molecule has 2 rings (SSSR count). The van der Waals surface area contributed by atoms with Crippen LogP contribution in [-0.4, -0.2) is 63.8 Å². The summed E-state index contributed by atoms with van der Waals surface area (Å²) < 4.78 is 36.6. The normalized spacial score (nSPS) is 18.6. The summed E-state index contributed by atoms with van der Waals surface area (Å²) in [5, 5.41) is 0. The van der Waals surface area contributed by atoms with Crippen molar-refractivity contribution in [1.82, 2.24) is 9.21 Å². The van der Waals surface area contributed by atoms with Gasteiger partial charge in [-0.25, -0.2) is 12.7 Å². The van der Waals surface area contributed by atoms with Gasteiger partial charge in [-0.1, -0.05) is 19.1 Å². The summed E-state index contributed by atoms with van der Waals surface area (Å²) in [4.78, 5) is 2.40. The molecule has 0 aliphatic carbocycles. The fourth-order valence-electron chi connectivity index (χ4n) is 3.51. The molecule has 1 aromatic rings. The zero-order valence-electron chi connectivity index (χ0n) is 17.1. The van der Waals surface area contributed by atoms with E-state index in [1.807, 2.05) is 19.1 Å². The number of sulfonamides is 1. The van der Waals surface area contributed by atoms with E-state index in [1.165, 1.54) is 10.6 Å². The van der Waals surface area contributed by atoms with Gasteiger partial charge in [0.25, 0.3) is 0 Å². The van der Waals surface area contributed by atoms with Gasteiger partial charge in [0.15, 0.2) is 11.5 Å². The second kappa shape index (κ2) is 10.3. The summed E-state index contributed by atoms with van der Waals surface area (Å²) in [6.07, 6.45) is 4.36. The van der Waals surface area contributed by atoms with Crippen LogP contribution in [0.4, 0.5) is 0 Å². The Morgan fingerprint density at radius 1 is 1.26 bits per heavy atom. The zero-order chi connectivity index (χ0) is 19.9. The highest BCUT2D eigenvalue weighted by Crippen LogP contribution is 2.33. The van der Waals surface area contributed by atoms with Gasteiger partial charge >= 0.3 is 0 Å². The van der Waals surface area contributed by atoms with E-state index < -0.39 is 10.0 Å². The first kappa shape index (κ1) is 22.0. The lowest BCUT2D eigenvalue weighted by Crippen LogP contribution is -2.41. The van der Waals surface area contributed by atoms with Gasteiger partial charge in [0.05, 0.1) is 19.5 Å². The van der Waals surface area contributed by atoms with Crippen LogP contribution in [0.5, 0.6) is 11.5 Å². The van der Waals surface area contributed by atoms with E-state index in [0.717, 1.165) is 56.0 Å². The van der Waals surface area contributed by atoms with Crippen LogP contribution < -0.4 is 9.47 Å². The Morgan fingerprint density at radius 3 is 2.70 bits per heavy atom. The summed E-state index contributed by atoms with van der Waals surface area (Å²) in [6.45, 7) is 8.62. The molecule has 1 aromatic carbocycles. The summed E-state index contributed by atoms with van der Waals surface area (Å²) in [5.74, 6) is 2.00. The monoisotopic (exact) mass is 398 g/mol. The third kappa shape index (κ3) is 6.66. The van der Waals surface area contributed by atoms with Crippen LogP contribution in [0, 0.1) is 5.92 Å². The van der Waals surface area contributed by atoms with Crippen molar-refractivity contribution in [2.45, 2.75) is 39.7 Å². The predicted molar refractivity (Wildman–Crippen MR) is 109 cm³/mol. The average molecular weight is 399 g/mol. The largest absolute Gasteiger partial charge is 0.490 e. The maximum Gasteiger partial charge on any atom is 0.210 e. The zero-order valence-corrected chi connectivity index (χ0v) is 17.9. The van der Waals surface area contributed by atoms with Gasteiger partial charge in [-0.15, -0.1) is 0 Å². The molecule has 1 fully saturated rings. The summed E-state index contributed by atoms with van der Waals surface area (Å²) >= 11 is 0. The van der Waals surface area contributed by atoms with Crippen molar-refractivity contribution in [3.63, 3.8) is 0 Å². The van der Waals surface area contributed by atoms with Gasteiger partial charge in [-0.05, 0) is 44.7 Å². The third-order valence-electron chi connectivity index (χ3n) is 4.89. The Morgan fingerprint density at radius 2 is 2.04 bits per heavy atom. The molecule has 154 valence electrons. The SMILES string of the molecule is CCCOc1c(CN2CCCC(CN(C)S(C)(=O)=O)C2)cccc1OCC. The van der Waals surface area contributed by atoms with Crippen molar-refractivity contribution in [1.29, 1.82) is 0 Å². The number of para-hydroxylation sites is 1. The Kier molecular flexibility index (Phi) is 8.38. The Bertz CT molecular complexity index is 693. The number of likely N-dealkylation sites (tertiary alicyclic amines) is 1. The lowest BCUT2D eigenvalue weighted by Gasteiger charge is -2.34. The van der Waals surface area contributed by atoms with Crippen LogP contribution >= 0.6 is 0 Å². The van der Waals surface area contributed by atoms with E-state index in [9.17, 15) is 8.42 Å². The summed E-state index contributed by atoms with van der Waals surface area (Å²) in [7, 11) is -1.47. The lowest BCUT2D eigenvalue weighted by molar-refractivity contribution is 0.153. The van der Waals surface area contributed by atoms with Gasteiger partial charge in [0, 0.05) is 32.2 Å². The van der Waals surface area contributed by atoms with Gasteiger partial charge in [0.2, 0.25) is 10.0 Å². The summed E-state index contributed by atoms with van der Waals surface area (Å²) in [5.41, 5.74) is 1.13. The van der Waals surface area contributed by atoms with Crippen LogP contribution in [0.25, 0.3) is 0 Å². The van der Waals surface area contributed by atoms with Gasteiger partial charge in [-0.2, -0.15) is 0 Å². The number of benzene rings is 1. The first-order valence-corrected chi connectivity index (χ1v) is 11.7. The number of rotatable bonds is 10. The molecular formula is C20H34N2O4S. The molecule has 0 aromatic heterocycles. The second-order valence-corrected chi connectivity index (χ2v) is 9.40. The van der Waals surface area contributed by atoms with E-state index in [2.05, 4.69) is 17.9 Å².